The van der Waals surface area contributed by atoms with E-state index in [0.29, 0.717) is 13.1 Å². The zero-order valence-corrected chi connectivity index (χ0v) is 12.1. The van der Waals surface area contributed by atoms with Crippen molar-refractivity contribution >= 4 is 15.9 Å². The lowest BCUT2D eigenvalue weighted by Crippen LogP contribution is -2.25. The number of halogens is 4. The van der Waals surface area contributed by atoms with Gasteiger partial charge in [0, 0.05) is 20.2 Å². The van der Waals surface area contributed by atoms with Crippen LogP contribution >= 0.6 is 15.9 Å². The quantitative estimate of drug-likeness (QED) is 0.859. The fourth-order valence-electron chi connectivity index (χ4n) is 1.36. The molecule has 0 heterocycles. The molecule has 0 aliphatic heterocycles. The lowest BCUT2D eigenvalue weighted by molar-refractivity contribution is -0.274. The molecule has 0 bridgehead atoms. The molecular weight excluding hydrogens is 327 g/mol. The van der Waals surface area contributed by atoms with Crippen LogP contribution in [-0.2, 0) is 11.3 Å². The van der Waals surface area contributed by atoms with Crippen molar-refractivity contribution in [3.05, 3.63) is 28.2 Å². The second-order valence-electron chi connectivity index (χ2n) is 3.99. The first-order chi connectivity index (χ1) is 8.81. The number of hydrogen-bond acceptors (Lipinski definition) is 3. The normalized spacial score (nSPS) is 13.4. The minimum absolute atomic E-state index is 0.0799. The van der Waals surface area contributed by atoms with Crippen molar-refractivity contribution in [1.29, 1.82) is 0 Å². The molecule has 1 unspecified atom stereocenters. The Hall–Kier alpha value is -0.790. The van der Waals surface area contributed by atoms with Gasteiger partial charge in [-0.2, -0.15) is 0 Å². The molecule has 108 valence electrons. The second kappa shape index (κ2) is 7.12. The van der Waals surface area contributed by atoms with E-state index in [1.165, 1.54) is 6.07 Å². The topological polar surface area (TPSA) is 30.5 Å². The third-order valence-electron chi connectivity index (χ3n) is 2.39. The Morgan fingerprint density at radius 2 is 2.05 bits per heavy atom. The molecule has 0 saturated carbocycles. The maximum Gasteiger partial charge on any atom is 0.573 e. The van der Waals surface area contributed by atoms with Crippen LogP contribution in [0.2, 0.25) is 0 Å². The monoisotopic (exact) mass is 341 g/mol. The van der Waals surface area contributed by atoms with Gasteiger partial charge in [-0.3, -0.25) is 0 Å². The molecule has 3 nitrogen and oxygen atoms in total. The molecular formula is C12H15BrF3NO2. The third-order valence-corrected chi connectivity index (χ3v) is 3.00. The Balaban J connectivity index is 2.57. The van der Waals surface area contributed by atoms with Crippen LogP contribution in [-0.4, -0.2) is 26.1 Å². The van der Waals surface area contributed by atoms with Crippen molar-refractivity contribution < 1.29 is 22.6 Å². The van der Waals surface area contributed by atoms with E-state index in [0.717, 1.165) is 5.56 Å². The van der Waals surface area contributed by atoms with Gasteiger partial charge in [0.05, 0.1) is 10.6 Å². The molecule has 1 aromatic carbocycles. The third kappa shape index (κ3) is 6.26. The van der Waals surface area contributed by atoms with Crippen molar-refractivity contribution in [2.45, 2.75) is 25.9 Å². The van der Waals surface area contributed by atoms with Crippen LogP contribution in [0.4, 0.5) is 13.2 Å². The fourth-order valence-corrected chi connectivity index (χ4v) is 1.87. The van der Waals surface area contributed by atoms with Crippen molar-refractivity contribution in [2.75, 3.05) is 13.7 Å². The molecule has 1 aromatic rings. The number of rotatable bonds is 6. The van der Waals surface area contributed by atoms with E-state index in [1.54, 1.807) is 19.2 Å². The summed E-state index contributed by atoms with van der Waals surface area (Å²) in [6.07, 6.45) is -4.60. The number of methoxy groups -OCH3 is 1. The van der Waals surface area contributed by atoms with Gasteiger partial charge in [-0.1, -0.05) is 6.07 Å². The maximum absolute atomic E-state index is 12.1. The summed E-state index contributed by atoms with van der Waals surface area (Å²) in [5.41, 5.74) is 0.852. The van der Waals surface area contributed by atoms with E-state index >= 15 is 0 Å². The summed E-state index contributed by atoms with van der Waals surface area (Å²) in [4.78, 5) is 0. The average molecular weight is 342 g/mol. The highest BCUT2D eigenvalue weighted by Crippen LogP contribution is 2.30. The van der Waals surface area contributed by atoms with Crippen molar-refractivity contribution in [2.24, 2.45) is 0 Å². The molecule has 0 spiro atoms. The minimum atomic E-state index is -4.68. The number of hydrogen-bond donors (Lipinski definition) is 1. The van der Waals surface area contributed by atoms with E-state index in [4.69, 9.17) is 4.74 Å². The highest BCUT2D eigenvalue weighted by atomic mass is 79.9. The van der Waals surface area contributed by atoms with Gasteiger partial charge in [0.2, 0.25) is 0 Å². The number of alkyl halides is 3. The first-order valence-electron chi connectivity index (χ1n) is 5.59. The van der Waals surface area contributed by atoms with Crippen molar-refractivity contribution in [3.63, 3.8) is 0 Å². The molecule has 1 N–H and O–H groups in total. The number of ether oxygens (including phenoxy) is 2. The van der Waals surface area contributed by atoms with Gasteiger partial charge in [-0.05, 0) is 40.5 Å². The van der Waals surface area contributed by atoms with E-state index in [2.05, 4.69) is 26.0 Å². The summed E-state index contributed by atoms with van der Waals surface area (Å²) < 4.78 is 45.4. The van der Waals surface area contributed by atoms with Crippen LogP contribution in [0.1, 0.15) is 12.5 Å². The average Bonchev–Trinajstić information content (AvgIpc) is 2.31. The van der Waals surface area contributed by atoms with Crippen LogP contribution in [0, 0.1) is 0 Å². The maximum atomic E-state index is 12.1. The van der Waals surface area contributed by atoms with Crippen LogP contribution in [0.15, 0.2) is 22.7 Å². The van der Waals surface area contributed by atoms with Crippen LogP contribution in [0.3, 0.4) is 0 Å². The Bertz CT molecular complexity index is 412. The van der Waals surface area contributed by atoms with Crippen molar-refractivity contribution in [1.82, 2.24) is 5.32 Å². The van der Waals surface area contributed by atoms with Gasteiger partial charge < -0.3 is 14.8 Å². The number of benzene rings is 1. The Kier molecular flexibility index (Phi) is 6.09. The molecule has 7 heteroatoms. The molecule has 1 rings (SSSR count). The standard InChI is InChI=1S/C12H15BrF3NO2/c1-8(18-2)6-17-7-9-3-4-11(10(13)5-9)19-12(14,15)16/h3-5,8,17H,6-7H2,1-2H3. The Labute approximate surface area is 118 Å². The van der Waals surface area contributed by atoms with Crippen molar-refractivity contribution in [3.8, 4) is 5.75 Å². The second-order valence-corrected chi connectivity index (χ2v) is 4.84. The lowest BCUT2D eigenvalue weighted by atomic mass is 10.2. The van der Waals surface area contributed by atoms with Gasteiger partial charge >= 0.3 is 6.36 Å². The van der Waals surface area contributed by atoms with Gasteiger partial charge in [0.15, 0.2) is 0 Å². The predicted molar refractivity (Wildman–Crippen MR) is 69.0 cm³/mol. The predicted octanol–water partition coefficient (Wildman–Crippen LogP) is 3.47. The molecule has 0 saturated heterocycles. The molecule has 0 aliphatic rings. The first kappa shape index (κ1) is 16.3. The Morgan fingerprint density at radius 1 is 1.37 bits per heavy atom. The molecule has 0 radical (unpaired) electrons. The number of nitrogens with one attached hydrogen (secondary N) is 1. The minimum Gasteiger partial charge on any atom is -0.405 e. The van der Waals surface area contributed by atoms with E-state index in [-0.39, 0.29) is 16.3 Å². The molecule has 0 fully saturated rings. The van der Waals surface area contributed by atoms with Gasteiger partial charge in [-0.25, -0.2) is 0 Å². The summed E-state index contributed by atoms with van der Waals surface area (Å²) in [5.74, 6) is -0.249. The molecule has 19 heavy (non-hydrogen) atoms. The van der Waals surface area contributed by atoms with E-state index in [1.807, 2.05) is 6.92 Å². The molecule has 1 atom stereocenters. The molecule has 0 aliphatic carbocycles. The summed E-state index contributed by atoms with van der Waals surface area (Å²) in [7, 11) is 1.62. The van der Waals surface area contributed by atoms with E-state index in [9.17, 15) is 13.2 Å². The van der Waals surface area contributed by atoms with E-state index < -0.39 is 6.36 Å². The SMILES string of the molecule is COC(C)CNCc1ccc(OC(F)(F)F)c(Br)c1. The summed E-state index contributed by atoms with van der Waals surface area (Å²) >= 11 is 3.06. The highest BCUT2D eigenvalue weighted by Gasteiger charge is 2.31. The summed E-state index contributed by atoms with van der Waals surface area (Å²) in [5, 5.41) is 3.14. The summed E-state index contributed by atoms with van der Waals surface area (Å²) in [6.45, 7) is 3.12. The van der Waals surface area contributed by atoms with Crippen LogP contribution in [0.25, 0.3) is 0 Å². The Morgan fingerprint density at radius 3 is 2.58 bits per heavy atom. The lowest BCUT2D eigenvalue weighted by Gasteiger charge is -2.13. The fraction of sp³-hybridized carbons (Fsp3) is 0.500. The molecule has 0 amide bonds. The largest absolute Gasteiger partial charge is 0.573 e. The smallest absolute Gasteiger partial charge is 0.405 e. The zero-order valence-electron chi connectivity index (χ0n) is 10.6. The first-order valence-corrected chi connectivity index (χ1v) is 6.39. The zero-order chi connectivity index (χ0) is 14.5. The highest BCUT2D eigenvalue weighted by molar-refractivity contribution is 9.10. The summed E-state index contributed by atoms with van der Waals surface area (Å²) in [6, 6.07) is 4.45. The van der Waals surface area contributed by atoms with Gasteiger partial charge in [-0.15, -0.1) is 13.2 Å². The van der Waals surface area contributed by atoms with Crippen LogP contribution in [0.5, 0.6) is 5.75 Å². The van der Waals surface area contributed by atoms with Gasteiger partial charge in [0.1, 0.15) is 5.75 Å². The van der Waals surface area contributed by atoms with Gasteiger partial charge in [0.25, 0.3) is 0 Å². The van der Waals surface area contributed by atoms with Crippen LogP contribution < -0.4 is 10.1 Å². The molecule has 0 aromatic heterocycles.